The van der Waals surface area contributed by atoms with Gasteiger partial charge in [0.25, 0.3) is 5.91 Å². The van der Waals surface area contributed by atoms with Crippen LogP contribution in [0.15, 0.2) is 48.5 Å². The maximum atomic E-state index is 13.2. The van der Waals surface area contributed by atoms with E-state index in [1.165, 1.54) is 19.3 Å². The first-order chi connectivity index (χ1) is 15.6. The number of fused-ring (bicyclic) bond motifs is 1. The second-order valence-electron chi connectivity index (χ2n) is 8.57. The molecule has 5 rings (SSSR count). The standard InChI is InChI=1S/C26H28ClN3O2/c1-17-23-25(22(16-28-26(23)31)29-14-6-3-7-15-29)30(21-9-5-4-8-20(21)27)24(17)18-10-12-19(32-2)13-11-18/h4-5,8-13,22H,3,6-7,14-16H2,1-2H3,(H,28,31)/t22-/m0/s1. The summed E-state index contributed by atoms with van der Waals surface area (Å²) in [6.07, 6.45) is 3.65. The molecule has 1 amide bonds. The van der Waals surface area contributed by atoms with Crippen molar-refractivity contribution in [1.29, 1.82) is 0 Å². The smallest absolute Gasteiger partial charge is 0.253 e. The van der Waals surface area contributed by atoms with Gasteiger partial charge in [0.2, 0.25) is 0 Å². The number of hydrogen-bond donors (Lipinski definition) is 1. The van der Waals surface area contributed by atoms with Crippen molar-refractivity contribution in [3.8, 4) is 22.7 Å². The predicted octanol–water partition coefficient (Wildman–Crippen LogP) is 5.39. The fraction of sp³-hybridized carbons (Fsp3) is 0.346. The number of nitrogens with one attached hydrogen (secondary N) is 1. The quantitative estimate of drug-likeness (QED) is 0.581. The van der Waals surface area contributed by atoms with Crippen molar-refractivity contribution < 1.29 is 9.53 Å². The minimum Gasteiger partial charge on any atom is -0.497 e. The van der Waals surface area contributed by atoms with Crippen LogP contribution in [-0.2, 0) is 0 Å². The van der Waals surface area contributed by atoms with Crippen LogP contribution in [-0.4, -0.2) is 42.1 Å². The molecule has 3 aromatic rings. The summed E-state index contributed by atoms with van der Waals surface area (Å²) < 4.78 is 7.59. The van der Waals surface area contributed by atoms with Gasteiger partial charge in [-0.2, -0.15) is 0 Å². The fourth-order valence-corrected chi connectivity index (χ4v) is 5.42. The van der Waals surface area contributed by atoms with E-state index in [-0.39, 0.29) is 11.9 Å². The van der Waals surface area contributed by atoms with E-state index < -0.39 is 0 Å². The monoisotopic (exact) mass is 449 g/mol. The minimum absolute atomic E-state index is 0.00803. The third-order valence-corrected chi connectivity index (χ3v) is 7.06. The number of para-hydroxylation sites is 1. The lowest BCUT2D eigenvalue weighted by Gasteiger charge is -2.38. The summed E-state index contributed by atoms with van der Waals surface area (Å²) in [4.78, 5) is 15.7. The number of carbonyl (C=O) groups excluding carboxylic acids is 1. The number of carbonyl (C=O) groups is 1. The van der Waals surface area contributed by atoms with Crippen molar-refractivity contribution in [3.63, 3.8) is 0 Å². The molecule has 6 heteroatoms. The molecular formula is C26H28ClN3O2. The molecule has 0 aliphatic carbocycles. The summed E-state index contributed by atoms with van der Waals surface area (Å²) in [6.45, 7) is 4.75. The largest absolute Gasteiger partial charge is 0.497 e. The number of piperidine rings is 1. The molecule has 2 aliphatic heterocycles. The highest BCUT2D eigenvalue weighted by molar-refractivity contribution is 6.32. The summed E-state index contributed by atoms with van der Waals surface area (Å²) >= 11 is 6.73. The Morgan fingerprint density at radius 3 is 2.44 bits per heavy atom. The van der Waals surface area contributed by atoms with E-state index in [2.05, 4.69) is 14.8 Å². The van der Waals surface area contributed by atoms with E-state index in [0.717, 1.165) is 52.6 Å². The molecule has 166 valence electrons. The molecule has 0 bridgehead atoms. The minimum atomic E-state index is -0.00803. The van der Waals surface area contributed by atoms with Gasteiger partial charge in [-0.3, -0.25) is 9.69 Å². The van der Waals surface area contributed by atoms with Crippen LogP contribution in [0.1, 0.15) is 46.9 Å². The summed E-state index contributed by atoms with van der Waals surface area (Å²) in [6, 6.07) is 16.0. The maximum absolute atomic E-state index is 13.2. The van der Waals surface area contributed by atoms with Gasteiger partial charge in [-0.15, -0.1) is 0 Å². The zero-order valence-electron chi connectivity index (χ0n) is 18.5. The van der Waals surface area contributed by atoms with E-state index in [1.54, 1.807) is 7.11 Å². The maximum Gasteiger partial charge on any atom is 0.253 e. The number of aromatic nitrogens is 1. The topological polar surface area (TPSA) is 46.5 Å². The number of methoxy groups -OCH3 is 1. The second kappa shape index (κ2) is 8.64. The Labute approximate surface area is 193 Å². The highest BCUT2D eigenvalue weighted by Crippen LogP contribution is 2.42. The average Bonchev–Trinajstić information content (AvgIpc) is 3.14. The van der Waals surface area contributed by atoms with Gasteiger partial charge in [-0.1, -0.05) is 30.2 Å². The highest BCUT2D eigenvalue weighted by atomic mass is 35.5. The van der Waals surface area contributed by atoms with Gasteiger partial charge in [0.05, 0.1) is 40.8 Å². The summed E-state index contributed by atoms with van der Waals surface area (Å²) in [5, 5.41) is 3.83. The number of hydrogen-bond acceptors (Lipinski definition) is 3. The van der Waals surface area contributed by atoms with Gasteiger partial charge in [-0.05, 0) is 80.4 Å². The summed E-state index contributed by atoms with van der Waals surface area (Å²) in [5.41, 5.74) is 5.74. The van der Waals surface area contributed by atoms with E-state index in [4.69, 9.17) is 16.3 Å². The first-order valence-corrected chi connectivity index (χ1v) is 11.6. The summed E-state index contributed by atoms with van der Waals surface area (Å²) in [5.74, 6) is 0.794. The van der Waals surface area contributed by atoms with Crippen molar-refractivity contribution in [1.82, 2.24) is 14.8 Å². The average molecular weight is 450 g/mol. The third kappa shape index (κ3) is 3.50. The normalized spacial score (nSPS) is 18.8. The van der Waals surface area contributed by atoms with E-state index in [9.17, 15) is 4.79 Å². The SMILES string of the molecule is COc1ccc(-c2c(C)c3c(n2-c2ccccc2Cl)[C@@H](N2CCCCC2)CNC3=O)cc1. The molecule has 1 saturated heterocycles. The van der Waals surface area contributed by atoms with Crippen LogP contribution < -0.4 is 10.1 Å². The van der Waals surface area contributed by atoms with Gasteiger partial charge < -0.3 is 14.6 Å². The van der Waals surface area contributed by atoms with E-state index in [0.29, 0.717) is 11.6 Å². The number of likely N-dealkylation sites (tertiary alicyclic amines) is 1. The lowest BCUT2D eigenvalue weighted by atomic mass is 9.97. The lowest BCUT2D eigenvalue weighted by Crippen LogP contribution is -2.45. The molecule has 0 unspecified atom stereocenters. The molecule has 3 heterocycles. The molecule has 1 N–H and O–H groups in total. The molecule has 1 fully saturated rings. The van der Waals surface area contributed by atoms with Gasteiger partial charge in [0.1, 0.15) is 5.75 Å². The number of rotatable bonds is 4. The van der Waals surface area contributed by atoms with Crippen LogP contribution >= 0.6 is 11.6 Å². The van der Waals surface area contributed by atoms with Crippen LogP contribution in [0.4, 0.5) is 0 Å². The Hall–Kier alpha value is -2.76. The lowest BCUT2D eigenvalue weighted by molar-refractivity contribution is 0.0885. The first kappa shape index (κ1) is 21.1. The Morgan fingerprint density at radius 1 is 1.03 bits per heavy atom. The van der Waals surface area contributed by atoms with Crippen LogP contribution in [0.25, 0.3) is 16.9 Å². The molecule has 5 nitrogen and oxygen atoms in total. The molecule has 32 heavy (non-hydrogen) atoms. The molecule has 1 aromatic heterocycles. The van der Waals surface area contributed by atoms with E-state index >= 15 is 0 Å². The van der Waals surface area contributed by atoms with Crippen molar-refractivity contribution in [2.45, 2.75) is 32.2 Å². The zero-order valence-corrected chi connectivity index (χ0v) is 19.3. The number of amides is 1. The Bertz CT molecular complexity index is 1150. The number of benzene rings is 2. The summed E-state index contributed by atoms with van der Waals surface area (Å²) in [7, 11) is 1.67. The Kier molecular flexibility index (Phi) is 5.70. The van der Waals surface area contributed by atoms with E-state index in [1.807, 2.05) is 55.5 Å². The van der Waals surface area contributed by atoms with Crippen LogP contribution in [0.5, 0.6) is 5.75 Å². The second-order valence-corrected chi connectivity index (χ2v) is 8.98. The highest BCUT2D eigenvalue weighted by Gasteiger charge is 2.38. The van der Waals surface area contributed by atoms with Crippen LogP contribution in [0, 0.1) is 6.92 Å². The molecule has 0 spiro atoms. The first-order valence-electron chi connectivity index (χ1n) is 11.3. The van der Waals surface area contributed by atoms with Gasteiger partial charge >= 0.3 is 0 Å². The fourth-order valence-electron chi connectivity index (χ4n) is 5.20. The third-order valence-electron chi connectivity index (χ3n) is 6.74. The van der Waals surface area contributed by atoms with Crippen molar-refractivity contribution in [2.24, 2.45) is 0 Å². The molecule has 0 radical (unpaired) electrons. The van der Waals surface area contributed by atoms with Crippen LogP contribution in [0.2, 0.25) is 5.02 Å². The number of halogens is 1. The number of ether oxygens (including phenoxy) is 1. The van der Waals surface area contributed by atoms with Crippen molar-refractivity contribution in [3.05, 3.63) is 70.4 Å². The van der Waals surface area contributed by atoms with Crippen LogP contribution in [0.3, 0.4) is 0 Å². The molecule has 2 aromatic carbocycles. The van der Waals surface area contributed by atoms with Gasteiger partial charge in [-0.25, -0.2) is 0 Å². The molecule has 1 atom stereocenters. The Morgan fingerprint density at radius 2 is 1.75 bits per heavy atom. The molecule has 2 aliphatic rings. The number of nitrogens with zero attached hydrogens (tertiary/aromatic N) is 2. The Balaban J connectivity index is 1.79. The van der Waals surface area contributed by atoms with Gasteiger partial charge in [0, 0.05) is 6.54 Å². The zero-order chi connectivity index (χ0) is 22.2. The molecular weight excluding hydrogens is 422 g/mol. The van der Waals surface area contributed by atoms with Crippen molar-refractivity contribution in [2.75, 3.05) is 26.7 Å². The molecule has 0 saturated carbocycles. The van der Waals surface area contributed by atoms with Gasteiger partial charge in [0.15, 0.2) is 0 Å². The predicted molar refractivity (Wildman–Crippen MR) is 128 cm³/mol. The van der Waals surface area contributed by atoms with Crippen molar-refractivity contribution >= 4 is 17.5 Å².